The van der Waals surface area contributed by atoms with E-state index >= 15 is 0 Å². The van der Waals surface area contributed by atoms with Crippen LogP contribution in [0, 0.1) is 6.92 Å². The SMILES string of the molecule is Cc1ccc(S(=O)(=O)NCCNC(=O)c2cccc(NC(=O)C3Cc4ccccc4O3)c2)cc1. The van der Waals surface area contributed by atoms with E-state index in [1.807, 2.05) is 31.2 Å². The second-order valence-corrected chi connectivity index (χ2v) is 9.72. The van der Waals surface area contributed by atoms with Crippen molar-refractivity contribution in [1.82, 2.24) is 10.0 Å². The van der Waals surface area contributed by atoms with E-state index < -0.39 is 16.1 Å². The molecule has 9 heteroatoms. The minimum atomic E-state index is -3.65. The fraction of sp³-hybridized carbons (Fsp3) is 0.200. The molecule has 0 aromatic heterocycles. The summed E-state index contributed by atoms with van der Waals surface area (Å²) in [5, 5.41) is 5.46. The number of carbonyl (C=O) groups is 2. The van der Waals surface area contributed by atoms with Crippen LogP contribution in [-0.2, 0) is 21.2 Å². The minimum Gasteiger partial charge on any atom is -0.480 e. The van der Waals surface area contributed by atoms with E-state index in [4.69, 9.17) is 4.74 Å². The Kier molecular flexibility index (Phi) is 6.95. The van der Waals surface area contributed by atoms with Gasteiger partial charge < -0.3 is 15.4 Å². The maximum Gasteiger partial charge on any atom is 0.265 e. The lowest BCUT2D eigenvalue weighted by Gasteiger charge is -2.12. The minimum absolute atomic E-state index is 0.0396. The molecule has 3 aromatic rings. The number of rotatable bonds is 8. The van der Waals surface area contributed by atoms with Crippen LogP contribution >= 0.6 is 0 Å². The molecule has 0 spiro atoms. The molecule has 3 aromatic carbocycles. The highest BCUT2D eigenvalue weighted by Gasteiger charge is 2.28. The first-order chi connectivity index (χ1) is 16.3. The number of nitrogens with one attached hydrogen (secondary N) is 3. The number of aryl methyl sites for hydroxylation is 1. The van der Waals surface area contributed by atoms with Gasteiger partial charge >= 0.3 is 0 Å². The van der Waals surface area contributed by atoms with Crippen molar-refractivity contribution in [2.45, 2.75) is 24.3 Å². The molecule has 34 heavy (non-hydrogen) atoms. The monoisotopic (exact) mass is 479 g/mol. The first-order valence-corrected chi connectivity index (χ1v) is 12.3. The summed E-state index contributed by atoms with van der Waals surface area (Å²) in [5.74, 6) is 0.0307. The fourth-order valence-corrected chi connectivity index (χ4v) is 4.59. The average molecular weight is 480 g/mol. The van der Waals surface area contributed by atoms with Crippen molar-refractivity contribution in [2.75, 3.05) is 18.4 Å². The van der Waals surface area contributed by atoms with Crippen LogP contribution < -0.4 is 20.1 Å². The number of amides is 2. The number of hydrogen-bond donors (Lipinski definition) is 3. The number of sulfonamides is 1. The maximum atomic E-state index is 12.6. The van der Waals surface area contributed by atoms with E-state index in [2.05, 4.69) is 15.4 Å². The van der Waals surface area contributed by atoms with Crippen molar-refractivity contribution in [3.8, 4) is 5.75 Å². The average Bonchev–Trinajstić information content (AvgIpc) is 3.27. The van der Waals surface area contributed by atoms with Gasteiger partial charge in [-0.25, -0.2) is 13.1 Å². The summed E-state index contributed by atoms with van der Waals surface area (Å²) in [4.78, 5) is 25.3. The molecule has 0 aliphatic carbocycles. The lowest BCUT2D eigenvalue weighted by Crippen LogP contribution is -2.34. The van der Waals surface area contributed by atoms with Gasteiger partial charge in [0.1, 0.15) is 5.75 Å². The van der Waals surface area contributed by atoms with E-state index in [1.165, 1.54) is 12.1 Å². The van der Waals surface area contributed by atoms with E-state index in [0.717, 1.165) is 11.1 Å². The Hall–Kier alpha value is -3.69. The molecular weight excluding hydrogens is 454 g/mol. The van der Waals surface area contributed by atoms with Gasteiger partial charge in [-0.3, -0.25) is 9.59 Å². The molecule has 2 amide bonds. The van der Waals surface area contributed by atoms with E-state index in [1.54, 1.807) is 36.4 Å². The number of carbonyl (C=O) groups excluding carboxylic acids is 2. The zero-order valence-corrected chi connectivity index (χ0v) is 19.4. The third-order valence-electron chi connectivity index (χ3n) is 5.37. The van der Waals surface area contributed by atoms with Crippen molar-refractivity contribution in [3.63, 3.8) is 0 Å². The Bertz CT molecular complexity index is 1280. The first kappa shape index (κ1) is 23.5. The van der Waals surface area contributed by atoms with Crippen LogP contribution in [-0.4, -0.2) is 39.4 Å². The van der Waals surface area contributed by atoms with Crippen LogP contribution in [0.3, 0.4) is 0 Å². The van der Waals surface area contributed by atoms with Gasteiger partial charge in [0.25, 0.3) is 11.8 Å². The molecule has 3 N–H and O–H groups in total. The van der Waals surface area contributed by atoms with Crippen LogP contribution in [0.15, 0.2) is 77.7 Å². The van der Waals surface area contributed by atoms with E-state index in [-0.39, 0.29) is 29.8 Å². The molecule has 0 fully saturated rings. The van der Waals surface area contributed by atoms with Crippen LogP contribution in [0.5, 0.6) is 5.75 Å². The molecule has 8 nitrogen and oxygen atoms in total. The summed E-state index contributed by atoms with van der Waals surface area (Å²) < 4.78 is 32.8. The number of para-hydroxylation sites is 1. The summed E-state index contributed by atoms with van der Waals surface area (Å²) in [6.07, 6.45) is -0.142. The summed E-state index contributed by atoms with van der Waals surface area (Å²) >= 11 is 0. The summed E-state index contributed by atoms with van der Waals surface area (Å²) in [6, 6.07) is 20.5. The Morgan fingerprint density at radius 2 is 1.74 bits per heavy atom. The van der Waals surface area contributed by atoms with Gasteiger partial charge in [-0.1, -0.05) is 42.0 Å². The predicted octanol–water partition coefficient (Wildman–Crippen LogP) is 2.65. The molecule has 1 heterocycles. The maximum absolute atomic E-state index is 12.6. The van der Waals surface area contributed by atoms with Gasteiger partial charge in [0.15, 0.2) is 6.10 Å². The van der Waals surface area contributed by atoms with Gasteiger partial charge in [0.05, 0.1) is 4.90 Å². The number of ether oxygens (including phenoxy) is 1. The summed E-state index contributed by atoms with van der Waals surface area (Å²) in [6.45, 7) is 2.02. The van der Waals surface area contributed by atoms with Gasteiger partial charge in [0.2, 0.25) is 10.0 Å². The van der Waals surface area contributed by atoms with Gasteiger partial charge in [-0.15, -0.1) is 0 Å². The smallest absolute Gasteiger partial charge is 0.265 e. The molecule has 1 unspecified atom stereocenters. The molecule has 0 saturated carbocycles. The topological polar surface area (TPSA) is 114 Å². The zero-order valence-electron chi connectivity index (χ0n) is 18.6. The quantitative estimate of drug-likeness (QED) is 0.430. The molecule has 0 bridgehead atoms. The van der Waals surface area contributed by atoms with Crippen LogP contribution in [0.2, 0.25) is 0 Å². The normalized spacial score (nSPS) is 14.7. The Morgan fingerprint density at radius 1 is 0.971 bits per heavy atom. The molecule has 0 radical (unpaired) electrons. The molecular formula is C25H25N3O5S. The predicted molar refractivity (Wildman–Crippen MR) is 128 cm³/mol. The van der Waals surface area contributed by atoms with Crippen molar-refractivity contribution in [2.24, 2.45) is 0 Å². The first-order valence-electron chi connectivity index (χ1n) is 10.8. The third kappa shape index (κ3) is 5.62. The van der Waals surface area contributed by atoms with Crippen LogP contribution in [0.1, 0.15) is 21.5 Å². The fourth-order valence-electron chi connectivity index (χ4n) is 3.55. The number of anilines is 1. The number of hydrogen-bond acceptors (Lipinski definition) is 5. The molecule has 0 saturated heterocycles. The third-order valence-corrected chi connectivity index (χ3v) is 6.84. The van der Waals surface area contributed by atoms with E-state index in [0.29, 0.717) is 23.4 Å². The van der Waals surface area contributed by atoms with Gasteiger partial charge in [-0.05, 0) is 48.9 Å². The molecule has 1 atom stereocenters. The Labute approximate surface area is 198 Å². The van der Waals surface area contributed by atoms with Crippen molar-refractivity contribution in [1.29, 1.82) is 0 Å². The van der Waals surface area contributed by atoms with E-state index in [9.17, 15) is 18.0 Å². The standard InChI is InChI=1S/C25H25N3O5S/c1-17-9-11-21(12-10-17)34(31,32)27-14-13-26-24(29)19-6-4-7-20(15-19)28-25(30)23-16-18-5-2-3-8-22(18)33-23/h2-12,15,23,27H,13-14,16H2,1H3,(H,26,29)(H,28,30). The summed E-state index contributed by atoms with van der Waals surface area (Å²) in [5.41, 5.74) is 2.76. The Morgan fingerprint density at radius 3 is 2.50 bits per heavy atom. The van der Waals surface area contributed by atoms with Gasteiger partial charge in [0, 0.05) is 30.8 Å². The van der Waals surface area contributed by atoms with Gasteiger partial charge in [-0.2, -0.15) is 0 Å². The second kappa shape index (κ2) is 10.1. The highest BCUT2D eigenvalue weighted by atomic mass is 32.2. The molecule has 1 aliphatic rings. The highest BCUT2D eigenvalue weighted by molar-refractivity contribution is 7.89. The van der Waals surface area contributed by atoms with Crippen LogP contribution in [0.4, 0.5) is 5.69 Å². The van der Waals surface area contributed by atoms with Crippen molar-refractivity contribution in [3.05, 3.63) is 89.5 Å². The number of benzene rings is 3. The zero-order chi connectivity index (χ0) is 24.1. The molecule has 4 rings (SSSR count). The molecule has 1 aliphatic heterocycles. The lowest BCUT2D eigenvalue weighted by atomic mass is 10.1. The van der Waals surface area contributed by atoms with Crippen molar-refractivity contribution < 1.29 is 22.7 Å². The highest BCUT2D eigenvalue weighted by Crippen LogP contribution is 2.28. The summed E-state index contributed by atoms with van der Waals surface area (Å²) in [7, 11) is -3.65. The number of fused-ring (bicyclic) bond motifs is 1. The Balaban J connectivity index is 1.27. The van der Waals surface area contributed by atoms with Crippen LogP contribution in [0.25, 0.3) is 0 Å². The molecule has 176 valence electrons. The second-order valence-electron chi connectivity index (χ2n) is 7.96. The van der Waals surface area contributed by atoms with Crippen molar-refractivity contribution >= 4 is 27.5 Å². The largest absolute Gasteiger partial charge is 0.480 e. The lowest BCUT2D eigenvalue weighted by molar-refractivity contribution is -0.122.